The summed E-state index contributed by atoms with van der Waals surface area (Å²) in [5.41, 5.74) is 3.94. The van der Waals surface area contributed by atoms with Crippen molar-refractivity contribution in [2.75, 3.05) is 7.11 Å². The molecule has 1 aromatic carbocycles. The fourth-order valence-electron chi connectivity index (χ4n) is 2.36. The first-order valence-electron chi connectivity index (χ1n) is 6.75. The van der Waals surface area contributed by atoms with Gasteiger partial charge in [-0.25, -0.2) is 0 Å². The minimum absolute atomic E-state index is 0.170. The van der Waals surface area contributed by atoms with Crippen LogP contribution < -0.4 is 4.74 Å². The lowest BCUT2D eigenvalue weighted by Gasteiger charge is -2.07. The quantitative estimate of drug-likeness (QED) is 0.831. The van der Waals surface area contributed by atoms with Crippen molar-refractivity contribution in [1.82, 2.24) is 9.78 Å². The predicted octanol–water partition coefficient (Wildman–Crippen LogP) is 3.16. The molecule has 0 saturated heterocycles. The Morgan fingerprint density at radius 3 is 2.62 bits per heavy atom. The molecule has 2 rings (SSSR count). The van der Waals surface area contributed by atoms with E-state index in [4.69, 9.17) is 4.74 Å². The van der Waals surface area contributed by atoms with Gasteiger partial charge in [0, 0.05) is 35.6 Å². The van der Waals surface area contributed by atoms with E-state index < -0.39 is 0 Å². The van der Waals surface area contributed by atoms with Gasteiger partial charge in [-0.05, 0) is 37.6 Å². The van der Waals surface area contributed by atoms with Crippen molar-refractivity contribution >= 4 is 21.7 Å². The van der Waals surface area contributed by atoms with E-state index in [9.17, 15) is 4.79 Å². The number of ketones is 1. The van der Waals surface area contributed by atoms with Crippen molar-refractivity contribution in [1.29, 1.82) is 0 Å². The summed E-state index contributed by atoms with van der Waals surface area (Å²) in [5.74, 6) is 0.929. The summed E-state index contributed by atoms with van der Waals surface area (Å²) in [6.07, 6.45) is 0.792. The summed E-state index contributed by atoms with van der Waals surface area (Å²) in [6.45, 7) is 3.93. The highest BCUT2D eigenvalue weighted by Gasteiger charge is 2.15. The van der Waals surface area contributed by atoms with Gasteiger partial charge in [0.15, 0.2) is 0 Å². The summed E-state index contributed by atoms with van der Waals surface area (Å²) in [7, 11) is 3.52. The zero-order valence-electron chi connectivity index (χ0n) is 12.7. The van der Waals surface area contributed by atoms with Crippen LogP contribution in [0.1, 0.15) is 22.5 Å². The second-order valence-corrected chi connectivity index (χ2v) is 5.98. The third kappa shape index (κ3) is 3.53. The number of carbonyl (C=O) groups excluding carboxylic acids is 1. The number of rotatable bonds is 5. The van der Waals surface area contributed by atoms with Crippen LogP contribution in [0.15, 0.2) is 22.7 Å². The summed E-state index contributed by atoms with van der Waals surface area (Å²) in [5, 5.41) is 4.35. The first-order chi connectivity index (χ1) is 9.92. The van der Waals surface area contributed by atoms with Crippen LogP contribution in [-0.2, 0) is 24.7 Å². The molecule has 21 heavy (non-hydrogen) atoms. The largest absolute Gasteiger partial charge is 0.497 e. The molecule has 5 heteroatoms. The Morgan fingerprint density at radius 2 is 2.05 bits per heavy atom. The van der Waals surface area contributed by atoms with Gasteiger partial charge in [0.1, 0.15) is 11.5 Å². The number of aromatic nitrogens is 2. The SMILES string of the molecule is COc1ccc(Br)c(CC(=O)Cc2c(C)nn(C)c2C)c1. The van der Waals surface area contributed by atoms with E-state index in [0.29, 0.717) is 12.8 Å². The molecule has 0 aliphatic rings. The minimum atomic E-state index is 0.170. The van der Waals surface area contributed by atoms with Crippen molar-refractivity contribution in [2.24, 2.45) is 7.05 Å². The van der Waals surface area contributed by atoms with Gasteiger partial charge in [0.25, 0.3) is 0 Å². The van der Waals surface area contributed by atoms with Crippen molar-refractivity contribution in [2.45, 2.75) is 26.7 Å². The highest BCUT2D eigenvalue weighted by atomic mass is 79.9. The molecular formula is C16H19BrN2O2. The number of hydrogen-bond donors (Lipinski definition) is 0. The monoisotopic (exact) mass is 350 g/mol. The highest BCUT2D eigenvalue weighted by molar-refractivity contribution is 9.10. The molecule has 0 aliphatic heterocycles. The Bertz CT molecular complexity index is 677. The van der Waals surface area contributed by atoms with Crippen molar-refractivity contribution in [3.63, 3.8) is 0 Å². The van der Waals surface area contributed by atoms with Crippen molar-refractivity contribution < 1.29 is 9.53 Å². The number of methoxy groups -OCH3 is 1. The number of halogens is 1. The van der Waals surface area contributed by atoms with Gasteiger partial charge in [0.05, 0.1) is 12.8 Å². The Kier molecular flexibility index (Phi) is 4.83. The predicted molar refractivity (Wildman–Crippen MR) is 85.8 cm³/mol. The second kappa shape index (κ2) is 6.43. The van der Waals surface area contributed by atoms with Gasteiger partial charge < -0.3 is 4.74 Å². The summed E-state index contributed by atoms with van der Waals surface area (Å²) in [4.78, 5) is 12.3. The normalized spacial score (nSPS) is 10.7. The first kappa shape index (κ1) is 15.8. The molecule has 0 fully saturated rings. The number of aryl methyl sites for hydroxylation is 2. The minimum Gasteiger partial charge on any atom is -0.497 e. The maximum atomic E-state index is 12.3. The lowest BCUT2D eigenvalue weighted by molar-refractivity contribution is -0.117. The van der Waals surface area contributed by atoms with Crippen LogP contribution in [0.25, 0.3) is 0 Å². The number of Topliss-reactive ketones (excluding diaryl/α,β-unsaturated/α-hetero) is 1. The first-order valence-corrected chi connectivity index (χ1v) is 7.55. The molecule has 0 amide bonds. The fourth-order valence-corrected chi connectivity index (χ4v) is 2.75. The molecule has 1 heterocycles. The Labute approximate surface area is 133 Å². The molecule has 0 N–H and O–H groups in total. The molecule has 4 nitrogen and oxygen atoms in total. The van der Waals surface area contributed by atoms with Gasteiger partial charge in [-0.2, -0.15) is 5.10 Å². The number of ether oxygens (including phenoxy) is 1. The number of carbonyl (C=O) groups is 1. The second-order valence-electron chi connectivity index (χ2n) is 5.12. The van der Waals surface area contributed by atoms with Crippen molar-refractivity contribution in [3.05, 3.63) is 45.2 Å². The average Bonchev–Trinajstić information content (AvgIpc) is 2.68. The van der Waals surface area contributed by atoms with E-state index in [0.717, 1.165) is 32.7 Å². The van der Waals surface area contributed by atoms with E-state index in [1.165, 1.54) is 0 Å². The van der Waals surface area contributed by atoms with Crippen LogP contribution in [-0.4, -0.2) is 22.7 Å². The van der Waals surface area contributed by atoms with E-state index in [1.54, 1.807) is 7.11 Å². The summed E-state index contributed by atoms with van der Waals surface area (Å²) < 4.78 is 7.95. The van der Waals surface area contributed by atoms with E-state index in [2.05, 4.69) is 21.0 Å². The lowest BCUT2D eigenvalue weighted by Crippen LogP contribution is -2.09. The van der Waals surface area contributed by atoms with E-state index >= 15 is 0 Å². The van der Waals surface area contributed by atoms with Crippen LogP contribution in [0.2, 0.25) is 0 Å². The molecule has 0 atom stereocenters. The average molecular weight is 351 g/mol. The number of hydrogen-bond acceptors (Lipinski definition) is 3. The van der Waals surface area contributed by atoms with Gasteiger partial charge in [0.2, 0.25) is 0 Å². The van der Waals surface area contributed by atoms with E-state index in [1.807, 2.05) is 43.8 Å². The topological polar surface area (TPSA) is 44.1 Å². The van der Waals surface area contributed by atoms with Gasteiger partial charge in [-0.15, -0.1) is 0 Å². The Morgan fingerprint density at radius 1 is 1.33 bits per heavy atom. The molecule has 1 aromatic heterocycles. The maximum Gasteiger partial charge on any atom is 0.141 e. The molecular weight excluding hydrogens is 332 g/mol. The third-order valence-corrected chi connectivity index (χ3v) is 4.45. The Balaban J connectivity index is 2.15. The third-order valence-electron chi connectivity index (χ3n) is 3.67. The zero-order valence-corrected chi connectivity index (χ0v) is 14.3. The Hall–Kier alpha value is -1.62. The van der Waals surface area contributed by atoms with Gasteiger partial charge in [-0.1, -0.05) is 15.9 Å². The highest BCUT2D eigenvalue weighted by Crippen LogP contribution is 2.24. The molecule has 0 radical (unpaired) electrons. The maximum absolute atomic E-state index is 12.3. The molecule has 0 saturated carbocycles. The van der Waals surface area contributed by atoms with Crippen LogP contribution >= 0.6 is 15.9 Å². The summed E-state index contributed by atoms with van der Waals surface area (Å²) in [6, 6.07) is 5.67. The number of nitrogens with zero attached hydrogens (tertiary/aromatic N) is 2. The molecule has 0 bridgehead atoms. The van der Waals surface area contributed by atoms with Crippen LogP contribution in [0.4, 0.5) is 0 Å². The smallest absolute Gasteiger partial charge is 0.141 e. The molecule has 112 valence electrons. The van der Waals surface area contributed by atoms with Gasteiger partial charge >= 0.3 is 0 Å². The van der Waals surface area contributed by atoms with Crippen LogP contribution in [0.5, 0.6) is 5.75 Å². The van der Waals surface area contributed by atoms with Crippen LogP contribution in [0, 0.1) is 13.8 Å². The van der Waals surface area contributed by atoms with Crippen LogP contribution in [0.3, 0.4) is 0 Å². The standard InChI is InChI=1S/C16H19BrN2O2/c1-10-15(11(2)19(3)18-10)9-13(20)7-12-8-14(21-4)5-6-16(12)17/h5-6,8H,7,9H2,1-4H3. The lowest BCUT2D eigenvalue weighted by atomic mass is 10.0. The molecule has 0 spiro atoms. The molecule has 0 unspecified atom stereocenters. The van der Waals surface area contributed by atoms with Crippen molar-refractivity contribution in [3.8, 4) is 5.75 Å². The zero-order chi connectivity index (χ0) is 15.6. The molecule has 2 aromatic rings. The van der Waals surface area contributed by atoms with E-state index in [-0.39, 0.29) is 5.78 Å². The number of benzene rings is 1. The van der Waals surface area contributed by atoms with Gasteiger partial charge in [-0.3, -0.25) is 9.48 Å². The molecule has 0 aliphatic carbocycles. The summed E-state index contributed by atoms with van der Waals surface area (Å²) >= 11 is 3.48. The fraction of sp³-hybridized carbons (Fsp3) is 0.375.